The number of hydrogen-bond donors (Lipinski definition) is 2. The summed E-state index contributed by atoms with van der Waals surface area (Å²) in [4.78, 5) is 11.8. The lowest BCUT2D eigenvalue weighted by atomic mass is 10.0. The summed E-state index contributed by atoms with van der Waals surface area (Å²) in [6.07, 6.45) is 17.1. The summed E-state index contributed by atoms with van der Waals surface area (Å²) in [6, 6.07) is 10.1. The van der Waals surface area contributed by atoms with Gasteiger partial charge in [-0.25, -0.2) is 0 Å². The standard InChI is InChI=1S/C25H43NO2/c1-2-3-4-14-19-24(27)20-15-9-7-5-6-8-10-16-21-25(28)26-22-23-17-12-11-13-18-23/h11-13,17-18,24,27H,2-10,14-16,19-22H2,1H3,(H,26,28). The fourth-order valence-electron chi connectivity index (χ4n) is 3.56. The average molecular weight is 390 g/mol. The molecule has 0 aromatic heterocycles. The predicted molar refractivity (Wildman–Crippen MR) is 119 cm³/mol. The molecule has 1 aromatic carbocycles. The molecule has 3 heteroatoms. The van der Waals surface area contributed by atoms with Gasteiger partial charge in [0, 0.05) is 13.0 Å². The van der Waals surface area contributed by atoms with E-state index >= 15 is 0 Å². The zero-order valence-corrected chi connectivity index (χ0v) is 18.1. The van der Waals surface area contributed by atoms with Crippen LogP contribution in [0.2, 0.25) is 0 Å². The minimum atomic E-state index is -0.0788. The molecule has 0 saturated heterocycles. The zero-order chi connectivity index (χ0) is 20.3. The van der Waals surface area contributed by atoms with Crippen LogP contribution in [0.15, 0.2) is 30.3 Å². The average Bonchev–Trinajstić information content (AvgIpc) is 2.72. The number of nitrogens with one attached hydrogen (secondary N) is 1. The van der Waals surface area contributed by atoms with Gasteiger partial charge in [-0.05, 0) is 24.8 Å². The van der Waals surface area contributed by atoms with Crippen LogP contribution in [0.25, 0.3) is 0 Å². The molecule has 0 heterocycles. The van der Waals surface area contributed by atoms with Gasteiger partial charge in [0.1, 0.15) is 0 Å². The lowest BCUT2D eigenvalue weighted by Crippen LogP contribution is -2.22. The molecule has 0 spiro atoms. The van der Waals surface area contributed by atoms with Crippen molar-refractivity contribution in [3.63, 3.8) is 0 Å². The van der Waals surface area contributed by atoms with Crippen molar-refractivity contribution >= 4 is 5.91 Å². The first-order chi connectivity index (χ1) is 13.7. The normalized spacial score (nSPS) is 12.1. The van der Waals surface area contributed by atoms with Crippen LogP contribution in [-0.2, 0) is 11.3 Å². The molecule has 28 heavy (non-hydrogen) atoms. The molecular weight excluding hydrogens is 346 g/mol. The molecule has 0 radical (unpaired) electrons. The molecule has 0 fully saturated rings. The van der Waals surface area contributed by atoms with E-state index in [1.165, 1.54) is 57.8 Å². The Kier molecular flexibility index (Phi) is 15.6. The first-order valence-corrected chi connectivity index (χ1v) is 11.7. The highest BCUT2D eigenvalue weighted by atomic mass is 16.3. The van der Waals surface area contributed by atoms with Crippen molar-refractivity contribution in [1.29, 1.82) is 0 Å². The molecule has 2 N–H and O–H groups in total. The summed E-state index contributed by atoms with van der Waals surface area (Å²) in [6.45, 7) is 2.85. The maximum Gasteiger partial charge on any atom is 0.220 e. The van der Waals surface area contributed by atoms with Gasteiger partial charge in [0.25, 0.3) is 0 Å². The maximum absolute atomic E-state index is 11.8. The Bertz CT molecular complexity index is 475. The van der Waals surface area contributed by atoms with E-state index in [9.17, 15) is 9.90 Å². The Labute approximate surface area is 173 Å². The van der Waals surface area contributed by atoms with E-state index in [1.54, 1.807) is 0 Å². The Hall–Kier alpha value is -1.35. The fraction of sp³-hybridized carbons (Fsp3) is 0.720. The van der Waals surface area contributed by atoms with Crippen molar-refractivity contribution in [1.82, 2.24) is 5.32 Å². The van der Waals surface area contributed by atoms with Crippen LogP contribution in [0.4, 0.5) is 0 Å². The monoisotopic (exact) mass is 389 g/mol. The Morgan fingerprint density at radius 3 is 1.96 bits per heavy atom. The van der Waals surface area contributed by atoms with Crippen molar-refractivity contribution in [2.24, 2.45) is 0 Å². The molecule has 1 aromatic rings. The third-order valence-corrected chi connectivity index (χ3v) is 5.41. The van der Waals surface area contributed by atoms with Gasteiger partial charge in [-0.15, -0.1) is 0 Å². The maximum atomic E-state index is 11.8. The minimum absolute atomic E-state index is 0.0788. The van der Waals surface area contributed by atoms with Gasteiger partial charge in [-0.3, -0.25) is 4.79 Å². The van der Waals surface area contributed by atoms with Crippen molar-refractivity contribution in [3.8, 4) is 0 Å². The Balaban J connectivity index is 1.82. The summed E-state index contributed by atoms with van der Waals surface area (Å²) in [5.74, 6) is 0.164. The van der Waals surface area contributed by atoms with Gasteiger partial charge in [0.05, 0.1) is 6.10 Å². The Morgan fingerprint density at radius 1 is 0.821 bits per heavy atom. The van der Waals surface area contributed by atoms with Crippen molar-refractivity contribution in [3.05, 3.63) is 35.9 Å². The van der Waals surface area contributed by atoms with Gasteiger partial charge in [-0.2, -0.15) is 0 Å². The van der Waals surface area contributed by atoms with Gasteiger partial charge < -0.3 is 10.4 Å². The van der Waals surface area contributed by atoms with Gasteiger partial charge in [0.15, 0.2) is 0 Å². The molecule has 1 unspecified atom stereocenters. The van der Waals surface area contributed by atoms with Crippen LogP contribution in [0.5, 0.6) is 0 Å². The molecule has 0 aliphatic heterocycles. The van der Waals surface area contributed by atoms with Crippen LogP contribution in [-0.4, -0.2) is 17.1 Å². The van der Waals surface area contributed by atoms with Crippen LogP contribution < -0.4 is 5.32 Å². The van der Waals surface area contributed by atoms with Crippen LogP contribution in [0.1, 0.15) is 109 Å². The lowest BCUT2D eigenvalue weighted by molar-refractivity contribution is -0.121. The van der Waals surface area contributed by atoms with Crippen molar-refractivity contribution in [2.45, 2.75) is 116 Å². The molecule has 160 valence electrons. The van der Waals surface area contributed by atoms with Crippen LogP contribution in [0, 0.1) is 0 Å². The predicted octanol–water partition coefficient (Wildman–Crippen LogP) is 6.54. The SMILES string of the molecule is CCCCCCC(O)CCCCCCCCCCC(=O)NCc1ccccc1. The van der Waals surface area contributed by atoms with Gasteiger partial charge in [0.2, 0.25) is 5.91 Å². The van der Waals surface area contributed by atoms with Crippen LogP contribution >= 0.6 is 0 Å². The fourth-order valence-corrected chi connectivity index (χ4v) is 3.56. The first-order valence-electron chi connectivity index (χ1n) is 11.7. The molecule has 0 bridgehead atoms. The third kappa shape index (κ3) is 14.7. The number of carbonyl (C=O) groups is 1. The molecule has 3 nitrogen and oxygen atoms in total. The zero-order valence-electron chi connectivity index (χ0n) is 18.1. The largest absolute Gasteiger partial charge is 0.393 e. The van der Waals surface area contributed by atoms with Crippen molar-refractivity contribution in [2.75, 3.05) is 0 Å². The number of carbonyl (C=O) groups excluding carboxylic acids is 1. The van der Waals surface area contributed by atoms with Gasteiger partial charge >= 0.3 is 0 Å². The molecule has 1 atom stereocenters. The summed E-state index contributed by atoms with van der Waals surface area (Å²) in [5, 5.41) is 13.0. The van der Waals surface area contributed by atoms with E-state index in [2.05, 4.69) is 12.2 Å². The Morgan fingerprint density at radius 2 is 1.36 bits per heavy atom. The number of rotatable bonds is 18. The molecular formula is C25H43NO2. The second-order valence-electron chi connectivity index (χ2n) is 8.13. The van der Waals surface area contributed by atoms with E-state index < -0.39 is 0 Å². The topological polar surface area (TPSA) is 49.3 Å². The number of aliphatic hydroxyl groups is 1. The molecule has 0 aliphatic rings. The number of benzene rings is 1. The highest BCUT2D eigenvalue weighted by Crippen LogP contribution is 2.14. The number of aliphatic hydroxyl groups excluding tert-OH is 1. The summed E-state index contributed by atoms with van der Waals surface area (Å²) >= 11 is 0. The van der Waals surface area contributed by atoms with Gasteiger partial charge in [-0.1, -0.05) is 108 Å². The highest BCUT2D eigenvalue weighted by Gasteiger charge is 2.04. The van der Waals surface area contributed by atoms with E-state index in [0.29, 0.717) is 13.0 Å². The third-order valence-electron chi connectivity index (χ3n) is 5.41. The lowest BCUT2D eigenvalue weighted by Gasteiger charge is -2.10. The summed E-state index contributed by atoms with van der Waals surface area (Å²) in [7, 11) is 0. The summed E-state index contributed by atoms with van der Waals surface area (Å²) in [5.41, 5.74) is 1.15. The number of unbranched alkanes of at least 4 members (excludes halogenated alkanes) is 10. The second-order valence-corrected chi connectivity index (χ2v) is 8.13. The quantitative estimate of drug-likeness (QED) is 0.280. The molecule has 0 aliphatic carbocycles. The number of hydrogen-bond acceptors (Lipinski definition) is 2. The van der Waals surface area contributed by atoms with E-state index in [4.69, 9.17) is 0 Å². The van der Waals surface area contributed by atoms with Crippen molar-refractivity contribution < 1.29 is 9.90 Å². The molecule has 0 saturated carbocycles. The molecule has 1 amide bonds. The molecule has 1 rings (SSSR count). The highest BCUT2D eigenvalue weighted by molar-refractivity contribution is 5.75. The number of amides is 1. The smallest absolute Gasteiger partial charge is 0.220 e. The second kappa shape index (κ2) is 17.7. The van der Waals surface area contributed by atoms with E-state index in [-0.39, 0.29) is 12.0 Å². The van der Waals surface area contributed by atoms with E-state index in [1.807, 2.05) is 30.3 Å². The summed E-state index contributed by atoms with van der Waals surface area (Å²) < 4.78 is 0. The van der Waals surface area contributed by atoms with E-state index in [0.717, 1.165) is 37.7 Å². The first kappa shape index (κ1) is 24.7. The minimum Gasteiger partial charge on any atom is -0.393 e. The van der Waals surface area contributed by atoms with Crippen LogP contribution in [0.3, 0.4) is 0 Å².